The normalized spacial score (nSPS) is 10.4. The molecule has 0 bridgehead atoms. The van der Waals surface area contributed by atoms with Crippen LogP contribution in [0.4, 0.5) is 5.69 Å². The van der Waals surface area contributed by atoms with Gasteiger partial charge < -0.3 is 4.52 Å². The largest absolute Gasteiger partial charge is 0.332 e. The number of aromatic nitrogens is 3. The van der Waals surface area contributed by atoms with E-state index in [4.69, 9.17) is 4.52 Å². The molecule has 0 fully saturated rings. The van der Waals surface area contributed by atoms with Gasteiger partial charge in [-0.15, -0.1) is 0 Å². The molecule has 0 unspecified atom stereocenters. The van der Waals surface area contributed by atoms with Crippen LogP contribution in [0.15, 0.2) is 53.2 Å². The molecule has 3 rings (SSSR count). The van der Waals surface area contributed by atoms with Crippen molar-refractivity contribution >= 4 is 5.69 Å². The highest BCUT2D eigenvalue weighted by atomic mass is 16.6. The Bertz CT molecular complexity index is 738. The van der Waals surface area contributed by atoms with Gasteiger partial charge in [0.15, 0.2) is 0 Å². The first-order chi connectivity index (χ1) is 9.74. The van der Waals surface area contributed by atoms with Gasteiger partial charge in [-0.05, 0) is 24.3 Å². The third kappa shape index (κ3) is 2.24. The van der Waals surface area contributed by atoms with Gasteiger partial charge in [-0.2, -0.15) is 4.98 Å². The zero-order valence-corrected chi connectivity index (χ0v) is 10.1. The molecule has 0 aliphatic rings. The number of benzene rings is 1. The molecule has 0 radical (unpaired) electrons. The van der Waals surface area contributed by atoms with Gasteiger partial charge in [0.2, 0.25) is 5.82 Å². The minimum Gasteiger partial charge on any atom is -0.332 e. The summed E-state index contributed by atoms with van der Waals surface area (Å²) in [4.78, 5) is 18.4. The molecule has 0 N–H and O–H groups in total. The first kappa shape index (κ1) is 12.0. The zero-order valence-electron chi connectivity index (χ0n) is 10.1. The van der Waals surface area contributed by atoms with E-state index in [1.807, 2.05) is 6.07 Å². The van der Waals surface area contributed by atoms with E-state index < -0.39 is 4.92 Å². The summed E-state index contributed by atoms with van der Waals surface area (Å²) in [6.45, 7) is 0. The maximum atomic E-state index is 10.6. The van der Waals surface area contributed by atoms with Crippen LogP contribution in [-0.4, -0.2) is 20.0 Å². The number of hydrogen-bond donors (Lipinski definition) is 0. The Morgan fingerprint density at radius 1 is 1.10 bits per heavy atom. The summed E-state index contributed by atoms with van der Waals surface area (Å²) in [5.74, 6) is 0.666. The molecule has 2 heterocycles. The highest BCUT2D eigenvalue weighted by Gasteiger charge is 2.12. The van der Waals surface area contributed by atoms with Crippen LogP contribution in [0.5, 0.6) is 0 Å². The second kappa shape index (κ2) is 4.88. The first-order valence-electron chi connectivity index (χ1n) is 5.74. The Labute approximate surface area is 113 Å². The quantitative estimate of drug-likeness (QED) is 0.535. The molecular weight excluding hydrogens is 260 g/mol. The second-order valence-electron chi connectivity index (χ2n) is 3.94. The van der Waals surface area contributed by atoms with Crippen molar-refractivity contribution in [2.75, 3.05) is 0 Å². The van der Waals surface area contributed by atoms with E-state index in [-0.39, 0.29) is 5.69 Å². The molecule has 2 aromatic heterocycles. The lowest BCUT2D eigenvalue weighted by atomic mass is 10.2. The number of rotatable bonds is 3. The van der Waals surface area contributed by atoms with Crippen molar-refractivity contribution in [1.29, 1.82) is 0 Å². The summed E-state index contributed by atoms with van der Waals surface area (Å²) in [5.41, 5.74) is 1.23. The fourth-order valence-electron chi connectivity index (χ4n) is 1.67. The number of non-ortho nitro benzene ring substituents is 1. The van der Waals surface area contributed by atoms with E-state index in [9.17, 15) is 10.1 Å². The Morgan fingerprint density at radius 2 is 1.90 bits per heavy atom. The molecule has 0 atom stereocenters. The lowest BCUT2D eigenvalue weighted by molar-refractivity contribution is -0.384. The van der Waals surface area contributed by atoms with Crippen LogP contribution in [0.1, 0.15) is 0 Å². The van der Waals surface area contributed by atoms with Crippen LogP contribution in [-0.2, 0) is 0 Å². The third-order valence-electron chi connectivity index (χ3n) is 2.65. The molecule has 3 aromatic rings. The van der Waals surface area contributed by atoms with E-state index in [2.05, 4.69) is 15.1 Å². The van der Waals surface area contributed by atoms with Crippen LogP contribution in [0.3, 0.4) is 0 Å². The van der Waals surface area contributed by atoms with Gasteiger partial charge in [0.1, 0.15) is 5.69 Å². The molecule has 0 saturated heterocycles. The van der Waals surface area contributed by atoms with E-state index in [1.165, 1.54) is 12.1 Å². The summed E-state index contributed by atoms with van der Waals surface area (Å²) >= 11 is 0. The Hall–Kier alpha value is -3.09. The summed E-state index contributed by atoms with van der Waals surface area (Å²) in [7, 11) is 0. The maximum absolute atomic E-state index is 10.6. The topological polar surface area (TPSA) is 95.0 Å². The summed E-state index contributed by atoms with van der Waals surface area (Å²) in [6, 6.07) is 11.3. The second-order valence-corrected chi connectivity index (χ2v) is 3.94. The number of pyridine rings is 1. The maximum Gasteiger partial charge on any atom is 0.276 e. The van der Waals surface area contributed by atoms with Crippen molar-refractivity contribution in [3.05, 3.63) is 58.8 Å². The molecule has 0 aliphatic carbocycles. The predicted molar refractivity (Wildman–Crippen MR) is 69.6 cm³/mol. The number of nitro benzene ring substituents is 1. The molecule has 7 heteroatoms. The highest BCUT2D eigenvalue weighted by molar-refractivity contribution is 5.59. The average Bonchev–Trinajstić information content (AvgIpc) is 2.98. The fourth-order valence-corrected chi connectivity index (χ4v) is 1.67. The van der Waals surface area contributed by atoms with Crippen LogP contribution in [0, 0.1) is 10.1 Å². The Balaban J connectivity index is 1.92. The predicted octanol–water partition coefficient (Wildman–Crippen LogP) is 2.71. The van der Waals surface area contributed by atoms with Gasteiger partial charge in [0.25, 0.3) is 11.6 Å². The van der Waals surface area contributed by atoms with Crippen LogP contribution in [0.2, 0.25) is 0 Å². The minimum atomic E-state index is -0.459. The van der Waals surface area contributed by atoms with Gasteiger partial charge in [-0.3, -0.25) is 15.1 Å². The molecule has 0 aliphatic heterocycles. The first-order valence-corrected chi connectivity index (χ1v) is 5.74. The third-order valence-corrected chi connectivity index (χ3v) is 2.65. The van der Waals surface area contributed by atoms with Crippen LogP contribution >= 0.6 is 0 Å². The SMILES string of the molecule is O=[N+]([O-])c1ccc(-c2noc(-c3ccccn3)n2)cc1. The number of nitro groups is 1. The molecule has 98 valence electrons. The monoisotopic (exact) mass is 268 g/mol. The summed E-state index contributed by atoms with van der Waals surface area (Å²) in [6.07, 6.45) is 1.63. The van der Waals surface area contributed by atoms with Crippen molar-refractivity contribution in [3.63, 3.8) is 0 Å². The zero-order chi connectivity index (χ0) is 13.9. The van der Waals surface area contributed by atoms with Crippen molar-refractivity contribution in [3.8, 4) is 23.0 Å². The minimum absolute atomic E-state index is 0.0159. The van der Waals surface area contributed by atoms with Gasteiger partial charge in [0, 0.05) is 23.9 Å². The van der Waals surface area contributed by atoms with Gasteiger partial charge in [-0.25, -0.2) is 0 Å². The van der Waals surface area contributed by atoms with Gasteiger partial charge in [-0.1, -0.05) is 11.2 Å². The van der Waals surface area contributed by atoms with E-state index in [1.54, 1.807) is 30.5 Å². The molecule has 20 heavy (non-hydrogen) atoms. The van der Waals surface area contributed by atoms with Gasteiger partial charge >= 0.3 is 0 Å². The molecular formula is C13H8N4O3. The number of hydrogen-bond acceptors (Lipinski definition) is 6. The van der Waals surface area contributed by atoms with Crippen molar-refractivity contribution < 1.29 is 9.45 Å². The summed E-state index contributed by atoms with van der Waals surface area (Å²) < 4.78 is 5.13. The Kier molecular flexibility index (Phi) is 2.92. The molecule has 0 spiro atoms. The van der Waals surface area contributed by atoms with Crippen LogP contribution in [0.25, 0.3) is 23.0 Å². The lowest BCUT2D eigenvalue weighted by Crippen LogP contribution is -1.88. The molecule has 0 saturated carbocycles. The van der Waals surface area contributed by atoms with Crippen LogP contribution < -0.4 is 0 Å². The summed E-state index contributed by atoms with van der Waals surface area (Å²) in [5, 5.41) is 14.4. The van der Waals surface area contributed by atoms with Crippen molar-refractivity contribution in [2.45, 2.75) is 0 Å². The smallest absolute Gasteiger partial charge is 0.276 e. The van der Waals surface area contributed by atoms with E-state index >= 15 is 0 Å². The highest BCUT2D eigenvalue weighted by Crippen LogP contribution is 2.22. The molecule has 1 aromatic carbocycles. The molecule has 0 amide bonds. The van der Waals surface area contributed by atoms with E-state index in [0.29, 0.717) is 23.0 Å². The Morgan fingerprint density at radius 3 is 2.55 bits per heavy atom. The lowest BCUT2D eigenvalue weighted by Gasteiger charge is -1.93. The molecule has 7 nitrogen and oxygen atoms in total. The standard InChI is InChI=1S/C13H8N4O3/c18-17(19)10-6-4-9(5-7-10)12-15-13(20-16-12)11-3-1-2-8-14-11/h1-8H. The van der Waals surface area contributed by atoms with Gasteiger partial charge in [0.05, 0.1) is 4.92 Å². The number of nitrogens with zero attached hydrogens (tertiary/aromatic N) is 4. The fraction of sp³-hybridized carbons (Fsp3) is 0. The van der Waals surface area contributed by atoms with E-state index in [0.717, 1.165) is 0 Å². The van der Waals surface area contributed by atoms with Crippen molar-refractivity contribution in [1.82, 2.24) is 15.1 Å². The average molecular weight is 268 g/mol. The van der Waals surface area contributed by atoms with Crippen molar-refractivity contribution in [2.24, 2.45) is 0 Å².